The third-order valence-corrected chi connectivity index (χ3v) is 4.28. The van der Waals surface area contributed by atoms with Crippen LogP contribution >= 0.6 is 0 Å². The molecule has 0 nitrogen and oxygen atoms in total. The van der Waals surface area contributed by atoms with Crippen molar-refractivity contribution >= 4 is 0 Å². The van der Waals surface area contributed by atoms with E-state index in [1.165, 1.54) is 53.5 Å². The lowest BCUT2D eigenvalue weighted by molar-refractivity contribution is 0.650. The Hall–Kier alpha value is -1.04. The Morgan fingerprint density at radius 2 is 1.71 bits per heavy atom. The molecule has 0 saturated heterocycles. The highest BCUT2D eigenvalue weighted by atomic mass is 14.2. The Kier molecular flexibility index (Phi) is 10.1. The van der Waals surface area contributed by atoms with Gasteiger partial charge in [0.2, 0.25) is 0 Å². The molecule has 0 N–H and O–H groups in total. The standard InChI is InChI=1S/C21H36/c1-9-13-15-19(14-10-2)20(12-4)21(16(5)6)18(8)17(7)11-3/h12,15,17H,5,9-11,13-14H2,1-4,6-8H3. The molecule has 0 saturated carbocycles. The summed E-state index contributed by atoms with van der Waals surface area (Å²) >= 11 is 0. The van der Waals surface area contributed by atoms with Crippen LogP contribution in [0.25, 0.3) is 0 Å². The Morgan fingerprint density at radius 3 is 2.10 bits per heavy atom. The zero-order valence-corrected chi connectivity index (χ0v) is 15.5. The third-order valence-electron chi connectivity index (χ3n) is 4.28. The molecular weight excluding hydrogens is 252 g/mol. The van der Waals surface area contributed by atoms with Crippen LogP contribution in [0.3, 0.4) is 0 Å². The van der Waals surface area contributed by atoms with Crippen molar-refractivity contribution in [3.05, 3.63) is 46.6 Å². The second-order valence-electron chi connectivity index (χ2n) is 6.12. The number of allylic oxidation sites excluding steroid dienone is 7. The zero-order valence-electron chi connectivity index (χ0n) is 15.5. The molecule has 1 atom stereocenters. The fourth-order valence-electron chi connectivity index (χ4n) is 2.76. The quantitative estimate of drug-likeness (QED) is 0.388. The molecule has 0 aromatic rings. The second-order valence-corrected chi connectivity index (χ2v) is 6.12. The number of rotatable bonds is 9. The van der Waals surface area contributed by atoms with Crippen molar-refractivity contribution in [2.45, 2.75) is 80.6 Å². The molecule has 0 bridgehead atoms. The van der Waals surface area contributed by atoms with Gasteiger partial charge in [0.25, 0.3) is 0 Å². The van der Waals surface area contributed by atoms with E-state index in [0.717, 1.165) is 6.42 Å². The number of hydrogen-bond acceptors (Lipinski definition) is 0. The summed E-state index contributed by atoms with van der Waals surface area (Å²) in [5.41, 5.74) is 6.98. The lowest BCUT2D eigenvalue weighted by Crippen LogP contribution is -2.05. The molecule has 0 amide bonds. The minimum Gasteiger partial charge on any atom is -0.0955 e. The maximum Gasteiger partial charge on any atom is -0.0169 e. The van der Waals surface area contributed by atoms with Crippen LogP contribution in [0.5, 0.6) is 0 Å². The van der Waals surface area contributed by atoms with Gasteiger partial charge in [0, 0.05) is 0 Å². The minimum atomic E-state index is 0.612. The Morgan fingerprint density at radius 1 is 1.10 bits per heavy atom. The number of unbranched alkanes of at least 4 members (excludes halogenated alkanes) is 1. The highest BCUT2D eigenvalue weighted by Gasteiger charge is 2.16. The maximum atomic E-state index is 4.26. The molecule has 0 aliphatic rings. The Labute approximate surface area is 133 Å². The van der Waals surface area contributed by atoms with Crippen molar-refractivity contribution in [3.8, 4) is 0 Å². The lowest BCUT2D eigenvalue weighted by Gasteiger charge is -2.22. The van der Waals surface area contributed by atoms with Crippen molar-refractivity contribution < 1.29 is 0 Å². The molecule has 0 radical (unpaired) electrons. The van der Waals surface area contributed by atoms with Crippen molar-refractivity contribution in [2.24, 2.45) is 5.92 Å². The molecule has 0 heteroatoms. The van der Waals surface area contributed by atoms with E-state index in [4.69, 9.17) is 0 Å². The number of hydrogen-bond donors (Lipinski definition) is 0. The van der Waals surface area contributed by atoms with Crippen LogP contribution in [0.2, 0.25) is 0 Å². The van der Waals surface area contributed by atoms with E-state index in [0.29, 0.717) is 5.92 Å². The van der Waals surface area contributed by atoms with E-state index in [9.17, 15) is 0 Å². The van der Waals surface area contributed by atoms with Gasteiger partial charge < -0.3 is 0 Å². The van der Waals surface area contributed by atoms with Gasteiger partial charge in [0.15, 0.2) is 0 Å². The highest BCUT2D eigenvalue weighted by Crippen LogP contribution is 2.33. The molecule has 0 heterocycles. The van der Waals surface area contributed by atoms with Gasteiger partial charge in [-0.15, -0.1) is 0 Å². The van der Waals surface area contributed by atoms with E-state index < -0.39 is 0 Å². The SMILES string of the molecule is C=C(C)C(C(=CC)C(=CCCC)CCC)=C(C)C(C)CC. The zero-order chi connectivity index (χ0) is 16.4. The van der Waals surface area contributed by atoms with Crippen molar-refractivity contribution in [1.29, 1.82) is 0 Å². The molecule has 0 aliphatic heterocycles. The van der Waals surface area contributed by atoms with Gasteiger partial charge >= 0.3 is 0 Å². The summed E-state index contributed by atoms with van der Waals surface area (Å²) in [6.07, 6.45) is 10.6. The average molecular weight is 289 g/mol. The fourth-order valence-corrected chi connectivity index (χ4v) is 2.76. The van der Waals surface area contributed by atoms with Gasteiger partial charge in [-0.05, 0) is 62.7 Å². The average Bonchev–Trinajstić information content (AvgIpc) is 2.47. The normalized spacial score (nSPS) is 15.8. The first-order valence-corrected chi connectivity index (χ1v) is 8.67. The predicted octanol–water partition coefficient (Wildman–Crippen LogP) is 7.40. The van der Waals surface area contributed by atoms with Crippen LogP contribution < -0.4 is 0 Å². The first kappa shape index (κ1) is 20.0. The third kappa shape index (κ3) is 6.08. The summed E-state index contributed by atoms with van der Waals surface area (Å²) in [4.78, 5) is 0. The summed E-state index contributed by atoms with van der Waals surface area (Å²) < 4.78 is 0. The summed E-state index contributed by atoms with van der Waals surface area (Å²) in [5, 5.41) is 0. The van der Waals surface area contributed by atoms with Gasteiger partial charge in [0.1, 0.15) is 0 Å². The van der Waals surface area contributed by atoms with Crippen LogP contribution in [0.1, 0.15) is 80.6 Å². The van der Waals surface area contributed by atoms with Gasteiger partial charge in [-0.2, -0.15) is 0 Å². The monoisotopic (exact) mass is 288 g/mol. The van der Waals surface area contributed by atoms with E-state index in [2.05, 4.69) is 67.2 Å². The first-order valence-electron chi connectivity index (χ1n) is 8.67. The largest absolute Gasteiger partial charge is 0.0955 e. The molecule has 21 heavy (non-hydrogen) atoms. The second kappa shape index (κ2) is 10.7. The molecule has 0 aromatic carbocycles. The molecule has 1 unspecified atom stereocenters. The smallest absolute Gasteiger partial charge is 0.0169 e. The molecular formula is C21H36. The summed E-state index contributed by atoms with van der Waals surface area (Å²) in [7, 11) is 0. The molecule has 0 fully saturated rings. The fraction of sp³-hybridized carbons (Fsp3) is 0.619. The van der Waals surface area contributed by atoms with E-state index in [1.807, 2.05) is 0 Å². The van der Waals surface area contributed by atoms with Gasteiger partial charge in [-0.3, -0.25) is 0 Å². The van der Waals surface area contributed by atoms with Crippen molar-refractivity contribution in [2.75, 3.05) is 0 Å². The van der Waals surface area contributed by atoms with E-state index in [1.54, 1.807) is 0 Å². The van der Waals surface area contributed by atoms with Crippen LogP contribution in [-0.4, -0.2) is 0 Å². The van der Waals surface area contributed by atoms with Crippen molar-refractivity contribution in [3.63, 3.8) is 0 Å². The van der Waals surface area contributed by atoms with E-state index in [-0.39, 0.29) is 0 Å². The lowest BCUT2D eigenvalue weighted by atomic mass is 9.83. The Balaban J connectivity index is 5.89. The minimum absolute atomic E-state index is 0.612. The molecule has 0 aromatic heterocycles. The summed E-state index contributed by atoms with van der Waals surface area (Å²) in [6, 6.07) is 0. The van der Waals surface area contributed by atoms with Gasteiger partial charge in [-0.25, -0.2) is 0 Å². The summed E-state index contributed by atoms with van der Waals surface area (Å²) in [6.45, 7) is 19.9. The Bertz CT molecular complexity index is 415. The molecule has 0 spiro atoms. The predicted molar refractivity (Wildman–Crippen MR) is 98.6 cm³/mol. The topological polar surface area (TPSA) is 0 Å². The van der Waals surface area contributed by atoms with Crippen LogP contribution in [0.4, 0.5) is 0 Å². The van der Waals surface area contributed by atoms with Gasteiger partial charge in [-0.1, -0.05) is 70.4 Å². The van der Waals surface area contributed by atoms with Crippen molar-refractivity contribution in [1.82, 2.24) is 0 Å². The molecule has 0 aliphatic carbocycles. The molecule has 0 rings (SSSR count). The van der Waals surface area contributed by atoms with E-state index >= 15 is 0 Å². The van der Waals surface area contributed by atoms with Crippen LogP contribution in [0.15, 0.2) is 46.6 Å². The highest BCUT2D eigenvalue weighted by molar-refractivity contribution is 5.56. The molecule has 120 valence electrons. The maximum absolute atomic E-state index is 4.26. The first-order chi connectivity index (χ1) is 9.94. The van der Waals surface area contributed by atoms with Crippen LogP contribution in [0, 0.1) is 5.92 Å². The van der Waals surface area contributed by atoms with Crippen LogP contribution in [-0.2, 0) is 0 Å². The van der Waals surface area contributed by atoms with Gasteiger partial charge in [0.05, 0.1) is 0 Å². The summed E-state index contributed by atoms with van der Waals surface area (Å²) in [5.74, 6) is 0.612.